The van der Waals surface area contributed by atoms with Gasteiger partial charge in [0.25, 0.3) is 20.2 Å². The lowest BCUT2D eigenvalue weighted by Gasteiger charge is -2.12. The van der Waals surface area contributed by atoms with Crippen molar-refractivity contribution >= 4 is 83.5 Å². The van der Waals surface area contributed by atoms with Crippen molar-refractivity contribution in [3.63, 3.8) is 0 Å². The lowest BCUT2D eigenvalue weighted by Crippen LogP contribution is -2.15. The average molecular weight is 1090 g/mol. The molecular weight excluding hydrogens is 1060 g/mol. The van der Waals surface area contributed by atoms with Crippen LogP contribution in [0.25, 0.3) is 22.5 Å². The predicted octanol–water partition coefficient (Wildman–Crippen LogP) is 4.26. The molecule has 0 saturated heterocycles. The Morgan fingerprint density at radius 1 is 0.486 bits per heavy atom. The second-order valence-electron chi connectivity index (χ2n) is 14.2. The Hall–Kier alpha value is -6.44. The van der Waals surface area contributed by atoms with Crippen LogP contribution in [0.3, 0.4) is 0 Å². The summed E-state index contributed by atoms with van der Waals surface area (Å²) < 4.78 is 192. The molecule has 0 fully saturated rings. The normalized spacial score (nSPS) is 13.2. The number of aryl methyl sites for hydroxylation is 2. The van der Waals surface area contributed by atoms with Crippen molar-refractivity contribution in [2.45, 2.75) is 33.4 Å². The van der Waals surface area contributed by atoms with Crippen molar-refractivity contribution in [3.05, 3.63) is 96.3 Å². The molecule has 34 heteroatoms. The van der Waals surface area contributed by atoms with Crippen LogP contribution >= 0.6 is 0 Å². The van der Waals surface area contributed by atoms with Crippen LogP contribution in [0.2, 0.25) is 0 Å². The Kier molecular flexibility index (Phi) is 14.9. The highest BCUT2D eigenvalue weighted by atomic mass is 32.3. The molecule has 0 atom stereocenters. The standard InChI is InChI=1S/C36H34N8O20S6/c1-21-33(35(45)43(41-21)25-5-9-27(10-6-25)65(47,48)17-15-63-69(57,58)59)39-37-23-3-13-29(31(19-23)67(51,52)53)30-14-4-24(20-32(30)68(54,55)56)38-40-34-22(2)42-44(36(34)46)26-7-11-28(12-8-26)66(49,50)18-16-64-70(60,61)62/h3-14,19-20,45-46H,15-18H2,1-2H3,(H,51,52,53)(H,54,55,56)(H,57,58,59)(H,60,61,62). The predicted molar refractivity (Wildman–Crippen MR) is 239 cm³/mol. The van der Waals surface area contributed by atoms with Crippen LogP contribution in [-0.4, -0.2) is 123 Å². The fraction of sp³-hybridized carbons (Fsp3) is 0.167. The Morgan fingerprint density at radius 3 is 1.11 bits per heavy atom. The first-order valence-corrected chi connectivity index (χ1v) is 27.8. The summed E-state index contributed by atoms with van der Waals surface area (Å²) in [5, 5.41) is 45.9. The molecule has 0 aliphatic carbocycles. The van der Waals surface area contributed by atoms with Crippen molar-refractivity contribution in [1.29, 1.82) is 0 Å². The maximum atomic E-state index is 12.7. The third-order valence-corrected chi connectivity index (χ3v) is 15.5. The molecule has 0 radical (unpaired) electrons. The van der Waals surface area contributed by atoms with Crippen molar-refractivity contribution < 1.29 is 87.3 Å². The number of azo groups is 2. The molecule has 0 unspecified atom stereocenters. The summed E-state index contributed by atoms with van der Waals surface area (Å²) in [6, 6.07) is 15.4. The molecule has 6 N–H and O–H groups in total. The first-order chi connectivity index (χ1) is 32.3. The second kappa shape index (κ2) is 19.8. The van der Waals surface area contributed by atoms with E-state index >= 15 is 0 Å². The van der Waals surface area contributed by atoms with Crippen molar-refractivity contribution in [1.82, 2.24) is 19.6 Å². The van der Waals surface area contributed by atoms with Crippen LogP contribution < -0.4 is 0 Å². The van der Waals surface area contributed by atoms with Gasteiger partial charge in [0.15, 0.2) is 31.0 Å². The van der Waals surface area contributed by atoms with E-state index in [1.54, 1.807) is 0 Å². The van der Waals surface area contributed by atoms with E-state index in [9.17, 15) is 69.8 Å². The van der Waals surface area contributed by atoms with Gasteiger partial charge in [-0.3, -0.25) is 18.2 Å². The molecule has 0 spiro atoms. The zero-order chi connectivity index (χ0) is 51.8. The SMILES string of the molecule is Cc1nn(-c2ccc(S(=O)(=O)CCOS(=O)(=O)O)cc2)c(O)c1N=Nc1ccc(-c2ccc(N=Nc3c(C)nn(-c4ccc(S(=O)(=O)CCOS(=O)(=O)O)cc4)c3O)cc2S(=O)(=O)O)c(S(=O)(=O)O)c1. The number of aromatic hydroxyl groups is 2. The molecule has 0 bridgehead atoms. The maximum Gasteiger partial charge on any atom is 0.397 e. The lowest BCUT2D eigenvalue weighted by atomic mass is 10.0. The molecule has 0 amide bonds. The van der Waals surface area contributed by atoms with Gasteiger partial charge in [0.2, 0.25) is 11.8 Å². The number of sulfone groups is 2. The number of hydrogen-bond acceptors (Lipinski definition) is 22. The van der Waals surface area contributed by atoms with Crippen molar-refractivity contribution in [2.75, 3.05) is 24.7 Å². The fourth-order valence-electron chi connectivity index (χ4n) is 6.16. The van der Waals surface area contributed by atoms with E-state index in [1.807, 2.05) is 0 Å². The number of aromatic nitrogens is 4. The van der Waals surface area contributed by atoms with Gasteiger partial charge in [-0.1, -0.05) is 12.1 Å². The Morgan fingerprint density at radius 2 is 0.814 bits per heavy atom. The first kappa shape index (κ1) is 52.9. The van der Waals surface area contributed by atoms with Gasteiger partial charge in [-0.25, -0.2) is 25.2 Å². The van der Waals surface area contributed by atoms with E-state index in [-0.39, 0.29) is 55.3 Å². The molecule has 374 valence electrons. The monoisotopic (exact) mass is 1090 g/mol. The highest BCUT2D eigenvalue weighted by Gasteiger charge is 2.26. The van der Waals surface area contributed by atoms with Crippen LogP contribution in [-0.2, 0) is 69.1 Å². The van der Waals surface area contributed by atoms with Gasteiger partial charge in [0.05, 0.1) is 68.6 Å². The number of nitrogens with zero attached hydrogens (tertiary/aromatic N) is 8. The molecule has 0 aliphatic rings. The third-order valence-electron chi connectivity index (χ3n) is 9.37. The summed E-state index contributed by atoms with van der Waals surface area (Å²) in [5.41, 5.74) is -1.59. The van der Waals surface area contributed by atoms with Gasteiger partial charge >= 0.3 is 20.8 Å². The minimum atomic E-state index is -5.20. The summed E-state index contributed by atoms with van der Waals surface area (Å²) in [4.78, 5) is -2.36. The summed E-state index contributed by atoms with van der Waals surface area (Å²) >= 11 is 0. The molecule has 2 heterocycles. The van der Waals surface area contributed by atoms with Crippen LogP contribution in [0.5, 0.6) is 11.8 Å². The summed E-state index contributed by atoms with van der Waals surface area (Å²) in [7, 11) is -28.3. The highest BCUT2D eigenvalue weighted by Crippen LogP contribution is 2.40. The van der Waals surface area contributed by atoms with Gasteiger partial charge in [-0.05, 0) is 86.6 Å². The zero-order valence-electron chi connectivity index (χ0n) is 35.3. The molecular formula is C36H34N8O20S6. The third kappa shape index (κ3) is 12.7. The molecule has 2 aromatic heterocycles. The minimum absolute atomic E-state index is 0.0644. The smallest absolute Gasteiger partial charge is 0.397 e. The van der Waals surface area contributed by atoms with E-state index in [4.69, 9.17) is 9.11 Å². The zero-order valence-corrected chi connectivity index (χ0v) is 40.2. The lowest BCUT2D eigenvalue weighted by molar-refractivity contribution is 0.282. The summed E-state index contributed by atoms with van der Waals surface area (Å²) in [6.07, 6.45) is 0. The van der Waals surface area contributed by atoms with E-state index < -0.39 is 118 Å². The average Bonchev–Trinajstić information content (AvgIpc) is 3.71. The van der Waals surface area contributed by atoms with Crippen LogP contribution in [0.1, 0.15) is 11.4 Å². The van der Waals surface area contributed by atoms with Crippen LogP contribution in [0, 0.1) is 13.8 Å². The van der Waals surface area contributed by atoms with E-state index in [2.05, 4.69) is 39.0 Å². The van der Waals surface area contributed by atoms with Gasteiger partial charge in [0, 0.05) is 11.1 Å². The second-order valence-corrected chi connectivity index (χ2v) is 23.4. The summed E-state index contributed by atoms with van der Waals surface area (Å²) in [5.74, 6) is -2.84. The number of rotatable bonds is 19. The minimum Gasteiger partial charge on any atom is -0.492 e. The van der Waals surface area contributed by atoms with E-state index in [0.717, 1.165) is 70.0 Å². The molecule has 70 heavy (non-hydrogen) atoms. The Balaban J connectivity index is 1.25. The van der Waals surface area contributed by atoms with E-state index in [0.29, 0.717) is 0 Å². The molecule has 0 aliphatic heterocycles. The van der Waals surface area contributed by atoms with Gasteiger partial charge < -0.3 is 10.2 Å². The number of hydrogen-bond donors (Lipinski definition) is 6. The van der Waals surface area contributed by atoms with Crippen LogP contribution in [0.15, 0.2) is 125 Å². The molecule has 4 aromatic carbocycles. The van der Waals surface area contributed by atoms with E-state index in [1.165, 1.54) is 38.1 Å². The molecule has 28 nitrogen and oxygen atoms in total. The maximum absolute atomic E-state index is 12.7. The summed E-state index contributed by atoms with van der Waals surface area (Å²) in [6.45, 7) is 1.09. The first-order valence-electron chi connectivity index (χ1n) is 18.9. The van der Waals surface area contributed by atoms with Crippen LogP contribution in [0.4, 0.5) is 22.7 Å². The number of benzene rings is 4. The van der Waals surface area contributed by atoms with Crippen molar-refractivity contribution in [2.24, 2.45) is 20.5 Å². The largest absolute Gasteiger partial charge is 0.492 e. The Labute approximate surface area is 397 Å². The quantitative estimate of drug-likeness (QED) is 0.0487. The highest BCUT2D eigenvalue weighted by molar-refractivity contribution is 7.91. The fourth-order valence-corrected chi connectivity index (χ4v) is 10.6. The molecule has 0 saturated carbocycles. The molecule has 6 rings (SSSR count). The van der Waals surface area contributed by atoms with Crippen molar-refractivity contribution in [3.8, 4) is 34.3 Å². The van der Waals surface area contributed by atoms with Gasteiger partial charge in [-0.15, -0.1) is 10.2 Å². The van der Waals surface area contributed by atoms with Gasteiger partial charge in [0.1, 0.15) is 9.79 Å². The van der Waals surface area contributed by atoms with Gasteiger partial charge in [-0.2, -0.15) is 63.5 Å². The Bertz CT molecular complexity index is 3530. The topological polar surface area (TPSA) is 430 Å². The molecule has 6 aromatic rings.